The summed E-state index contributed by atoms with van der Waals surface area (Å²) in [5.41, 5.74) is 5.72. The number of thiophene rings is 1. The number of nitrogens with zero attached hydrogens (tertiary/aromatic N) is 1. The standard InChI is InChI=1S/C11H19N3S/c1-9(2)5-6-13-11(12)14-8-10-4-3-7-15-10/h3-4,7,9H,5-6,8H2,1-2H3,(H3,12,13,14). The van der Waals surface area contributed by atoms with Gasteiger partial charge in [-0.2, -0.15) is 0 Å². The summed E-state index contributed by atoms with van der Waals surface area (Å²) < 4.78 is 0. The van der Waals surface area contributed by atoms with Gasteiger partial charge in [-0.3, -0.25) is 0 Å². The topological polar surface area (TPSA) is 50.4 Å². The van der Waals surface area contributed by atoms with Gasteiger partial charge >= 0.3 is 0 Å². The van der Waals surface area contributed by atoms with E-state index in [0.717, 1.165) is 13.0 Å². The fraction of sp³-hybridized carbons (Fsp3) is 0.545. The Morgan fingerprint density at radius 2 is 2.40 bits per heavy atom. The van der Waals surface area contributed by atoms with Crippen LogP contribution in [0.4, 0.5) is 0 Å². The van der Waals surface area contributed by atoms with Crippen molar-refractivity contribution in [1.29, 1.82) is 0 Å². The van der Waals surface area contributed by atoms with Crippen molar-refractivity contribution in [2.45, 2.75) is 26.8 Å². The third-order valence-corrected chi connectivity index (χ3v) is 2.87. The zero-order chi connectivity index (χ0) is 11.1. The Morgan fingerprint density at radius 1 is 1.60 bits per heavy atom. The van der Waals surface area contributed by atoms with Gasteiger partial charge in [0.05, 0.1) is 6.54 Å². The smallest absolute Gasteiger partial charge is 0.188 e. The fourth-order valence-corrected chi connectivity index (χ4v) is 1.74. The Labute approximate surface area is 95.4 Å². The second-order valence-corrected chi connectivity index (χ2v) is 4.92. The van der Waals surface area contributed by atoms with Crippen molar-refractivity contribution < 1.29 is 0 Å². The van der Waals surface area contributed by atoms with Crippen molar-refractivity contribution >= 4 is 17.3 Å². The van der Waals surface area contributed by atoms with Crippen LogP contribution in [0.3, 0.4) is 0 Å². The summed E-state index contributed by atoms with van der Waals surface area (Å²) >= 11 is 1.70. The molecular formula is C11H19N3S. The van der Waals surface area contributed by atoms with Gasteiger partial charge in [0.15, 0.2) is 5.96 Å². The molecule has 0 saturated carbocycles. The quantitative estimate of drug-likeness (QED) is 0.596. The normalized spacial score (nSPS) is 12.1. The molecular weight excluding hydrogens is 206 g/mol. The Hall–Kier alpha value is -1.03. The van der Waals surface area contributed by atoms with Crippen LogP contribution in [0.15, 0.2) is 22.5 Å². The number of nitrogens with one attached hydrogen (secondary N) is 1. The second kappa shape index (κ2) is 6.45. The first-order chi connectivity index (χ1) is 7.18. The summed E-state index contributed by atoms with van der Waals surface area (Å²) in [5.74, 6) is 1.24. The highest BCUT2D eigenvalue weighted by molar-refractivity contribution is 7.09. The zero-order valence-corrected chi connectivity index (χ0v) is 10.2. The third kappa shape index (κ3) is 5.42. The van der Waals surface area contributed by atoms with Crippen molar-refractivity contribution in [2.24, 2.45) is 16.6 Å². The van der Waals surface area contributed by atoms with Gasteiger partial charge in [0.25, 0.3) is 0 Å². The molecule has 84 valence electrons. The summed E-state index contributed by atoms with van der Waals surface area (Å²) in [5, 5.41) is 5.16. The largest absolute Gasteiger partial charge is 0.370 e. The van der Waals surface area contributed by atoms with Crippen LogP contribution in [0.2, 0.25) is 0 Å². The Bertz CT molecular complexity index is 291. The first-order valence-corrected chi connectivity index (χ1v) is 6.12. The Morgan fingerprint density at radius 3 is 3.00 bits per heavy atom. The maximum Gasteiger partial charge on any atom is 0.188 e. The van der Waals surface area contributed by atoms with Gasteiger partial charge in [0, 0.05) is 11.4 Å². The summed E-state index contributed by atoms with van der Waals surface area (Å²) in [4.78, 5) is 5.50. The number of hydrogen-bond acceptors (Lipinski definition) is 2. The van der Waals surface area contributed by atoms with E-state index in [4.69, 9.17) is 5.73 Å². The van der Waals surface area contributed by atoms with Gasteiger partial charge in [-0.1, -0.05) is 19.9 Å². The molecule has 0 aliphatic rings. The molecule has 0 fully saturated rings. The number of guanidine groups is 1. The molecule has 0 aliphatic heterocycles. The first kappa shape index (κ1) is 12.0. The van der Waals surface area contributed by atoms with Crippen molar-refractivity contribution in [3.8, 4) is 0 Å². The zero-order valence-electron chi connectivity index (χ0n) is 9.36. The first-order valence-electron chi connectivity index (χ1n) is 5.24. The van der Waals surface area contributed by atoms with E-state index < -0.39 is 0 Å². The van der Waals surface area contributed by atoms with Crippen molar-refractivity contribution in [1.82, 2.24) is 5.32 Å². The molecule has 15 heavy (non-hydrogen) atoms. The molecule has 0 amide bonds. The second-order valence-electron chi connectivity index (χ2n) is 3.89. The van der Waals surface area contributed by atoms with E-state index in [2.05, 4.69) is 30.2 Å². The summed E-state index contributed by atoms with van der Waals surface area (Å²) in [7, 11) is 0. The lowest BCUT2D eigenvalue weighted by atomic mass is 10.1. The van der Waals surface area contributed by atoms with Crippen LogP contribution in [0.5, 0.6) is 0 Å². The van der Waals surface area contributed by atoms with Gasteiger partial charge in [-0.05, 0) is 23.8 Å². The Kier molecular flexibility index (Phi) is 5.18. The van der Waals surface area contributed by atoms with Gasteiger partial charge in [0.2, 0.25) is 0 Å². The fourth-order valence-electron chi connectivity index (χ4n) is 1.11. The average molecular weight is 225 g/mol. The predicted molar refractivity (Wildman–Crippen MR) is 67.1 cm³/mol. The van der Waals surface area contributed by atoms with Crippen LogP contribution in [0.1, 0.15) is 25.1 Å². The van der Waals surface area contributed by atoms with Crippen molar-refractivity contribution in [3.63, 3.8) is 0 Å². The van der Waals surface area contributed by atoms with Crippen molar-refractivity contribution in [2.75, 3.05) is 6.54 Å². The van der Waals surface area contributed by atoms with Gasteiger partial charge in [-0.25, -0.2) is 4.99 Å². The molecule has 0 unspecified atom stereocenters. The maximum absolute atomic E-state index is 5.72. The molecule has 0 spiro atoms. The molecule has 0 aliphatic carbocycles. The van der Waals surface area contributed by atoms with Crippen LogP contribution >= 0.6 is 11.3 Å². The third-order valence-electron chi connectivity index (χ3n) is 2.01. The van der Waals surface area contributed by atoms with E-state index in [1.54, 1.807) is 11.3 Å². The van der Waals surface area contributed by atoms with E-state index in [-0.39, 0.29) is 0 Å². The van der Waals surface area contributed by atoms with Crippen LogP contribution < -0.4 is 11.1 Å². The van der Waals surface area contributed by atoms with Gasteiger partial charge < -0.3 is 11.1 Å². The molecule has 0 aromatic carbocycles. The van der Waals surface area contributed by atoms with Crippen LogP contribution in [0.25, 0.3) is 0 Å². The molecule has 0 saturated heterocycles. The highest BCUT2D eigenvalue weighted by Gasteiger charge is 1.95. The molecule has 3 N–H and O–H groups in total. The molecule has 3 nitrogen and oxygen atoms in total. The van der Waals surface area contributed by atoms with Crippen molar-refractivity contribution in [3.05, 3.63) is 22.4 Å². The van der Waals surface area contributed by atoms with Gasteiger partial charge in [0.1, 0.15) is 0 Å². The molecule has 1 heterocycles. The van der Waals surface area contributed by atoms with E-state index in [1.165, 1.54) is 4.88 Å². The lowest BCUT2D eigenvalue weighted by Gasteiger charge is -2.06. The molecule has 0 radical (unpaired) electrons. The Balaban J connectivity index is 2.21. The summed E-state index contributed by atoms with van der Waals surface area (Å²) in [6, 6.07) is 4.09. The van der Waals surface area contributed by atoms with Crippen LogP contribution in [-0.4, -0.2) is 12.5 Å². The van der Waals surface area contributed by atoms with Crippen LogP contribution in [0, 0.1) is 5.92 Å². The van der Waals surface area contributed by atoms with Gasteiger partial charge in [-0.15, -0.1) is 11.3 Å². The monoisotopic (exact) mass is 225 g/mol. The SMILES string of the molecule is CC(C)CCNC(N)=NCc1cccs1. The average Bonchev–Trinajstić information content (AvgIpc) is 2.66. The number of hydrogen-bond donors (Lipinski definition) is 2. The number of aliphatic imine (C=N–C) groups is 1. The number of nitrogens with two attached hydrogens (primary N) is 1. The predicted octanol–water partition coefficient (Wildman–Crippen LogP) is 2.20. The molecule has 1 aromatic rings. The molecule has 4 heteroatoms. The molecule has 0 bridgehead atoms. The molecule has 1 rings (SSSR count). The van der Waals surface area contributed by atoms with E-state index in [9.17, 15) is 0 Å². The van der Waals surface area contributed by atoms with E-state index in [0.29, 0.717) is 18.4 Å². The summed E-state index contributed by atoms with van der Waals surface area (Å²) in [6.07, 6.45) is 1.12. The maximum atomic E-state index is 5.72. The summed E-state index contributed by atoms with van der Waals surface area (Å²) in [6.45, 7) is 5.97. The molecule has 0 atom stereocenters. The highest BCUT2D eigenvalue weighted by atomic mass is 32.1. The van der Waals surface area contributed by atoms with Crippen LogP contribution in [-0.2, 0) is 6.54 Å². The lowest BCUT2D eigenvalue weighted by molar-refractivity contribution is 0.576. The molecule has 1 aromatic heterocycles. The minimum atomic E-state index is 0.545. The number of rotatable bonds is 5. The van der Waals surface area contributed by atoms with E-state index in [1.807, 2.05) is 11.4 Å². The minimum absolute atomic E-state index is 0.545. The highest BCUT2D eigenvalue weighted by Crippen LogP contribution is 2.08. The lowest BCUT2D eigenvalue weighted by Crippen LogP contribution is -2.32. The van der Waals surface area contributed by atoms with E-state index >= 15 is 0 Å². The minimum Gasteiger partial charge on any atom is -0.370 e.